The van der Waals surface area contributed by atoms with Crippen molar-refractivity contribution in [1.29, 1.82) is 0 Å². The molecule has 0 saturated carbocycles. The topological polar surface area (TPSA) is 75.6 Å². The number of rotatable bonds is 4. The molecule has 0 aliphatic rings. The smallest absolute Gasteiger partial charge is 0.206 e. The van der Waals surface area contributed by atoms with E-state index in [1.165, 1.54) is 22.7 Å². The maximum atomic E-state index is 3.87. The Balaban J connectivity index is 1.88. The van der Waals surface area contributed by atoms with Gasteiger partial charge in [0.05, 0.1) is 6.17 Å². The second-order valence-corrected chi connectivity index (χ2v) is 4.16. The summed E-state index contributed by atoms with van der Waals surface area (Å²) in [6.45, 7) is 1.98. The number of anilines is 2. The second-order valence-electron chi connectivity index (χ2n) is 2.50. The van der Waals surface area contributed by atoms with E-state index in [9.17, 15) is 0 Å². The molecule has 0 saturated heterocycles. The SMILES string of the molecule is CC(Nc1nncs1)Nc1nncs1. The predicted molar refractivity (Wildman–Crippen MR) is 56.5 cm³/mol. The quantitative estimate of drug-likeness (QED) is 0.767. The molecule has 0 aliphatic carbocycles. The molecule has 0 radical (unpaired) electrons. The number of nitrogens with one attached hydrogen (secondary N) is 2. The highest BCUT2D eigenvalue weighted by Gasteiger charge is 2.05. The molecule has 2 aromatic rings. The highest BCUT2D eigenvalue weighted by molar-refractivity contribution is 7.13. The second kappa shape index (κ2) is 4.29. The third-order valence-corrected chi connectivity index (χ3v) is 2.64. The summed E-state index contributed by atoms with van der Waals surface area (Å²) in [5, 5.41) is 23.0. The van der Waals surface area contributed by atoms with Gasteiger partial charge in [-0.3, -0.25) is 0 Å². The molecule has 0 fully saturated rings. The van der Waals surface area contributed by atoms with Gasteiger partial charge >= 0.3 is 0 Å². The fourth-order valence-corrected chi connectivity index (χ4v) is 1.94. The summed E-state index contributed by atoms with van der Waals surface area (Å²) < 4.78 is 0. The van der Waals surface area contributed by atoms with E-state index in [0.717, 1.165) is 10.3 Å². The van der Waals surface area contributed by atoms with E-state index in [1.807, 2.05) is 6.92 Å². The molecule has 0 unspecified atom stereocenters. The van der Waals surface area contributed by atoms with Gasteiger partial charge in [0.15, 0.2) is 0 Å². The van der Waals surface area contributed by atoms with Crippen LogP contribution in [0.25, 0.3) is 0 Å². The highest BCUT2D eigenvalue weighted by atomic mass is 32.1. The van der Waals surface area contributed by atoms with E-state index in [1.54, 1.807) is 11.0 Å². The van der Waals surface area contributed by atoms with Crippen LogP contribution in [0.3, 0.4) is 0 Å². The van der Waals surface area contributed by atoms with Crippen LogP contribution < -0.4 is 10.6 Å². The first-order valence-electron chi connectivity index (χ1n) is 3.90. The summed E-state index contributed by atoms with van der Waals surface area (Å²) in [5.41, 5.74) is 3.36. The lowest BCUT2D eigenvalue weighted by molar-refractivity contribution is 0.892. The lowest BCUT2D eigenvalue weighted by atomic mass is 10.6. The van der Waals surface area contributed by atoms with Gasteiger partial charge < -0.3 is 10.6 Å². The molecule has 2 aromatic heterocycles. The Morgan fingerprint density at radius 1 is 1.07 bits per heavy atom. The minimum atomic E-state index is 0.0518. The summed E-state index contributed by atoms with van der Waals surface area (Å²) in [7, 11) is 0. The van der Waals surface area contributed by atoms with Crippen molar-refractivity contribution in [2.75, 3.05) is 10.6 Å². The van der Waals surface area contributed by atoms with Crippen molar-refractivity contribution in [2.24, 2.45) is 0 Å². The third kappa shape index (κ3) is 2.36. The Labute approximate surface area is 88.4 Å². The number of nitrogens with zero attached hydrogens (tertiary/aromatic N) is 4. The van der Waals surface area contributed by atoms with Gasteiger partial charge in [0.2, 0.25) is 10.3 Å². The van der Waals surface area contributed by atoms with Crippen LogP contribution >= 0.6 is 22.7 Å². The lowest BCUT2D eigenvalue weighted by Crippen LogP contribution is -2.24. The molecule has 0 atom stereocenters. The minimum Gasteiger partial charge on any atom is -0.340 e. The summed E-state index contributed by atoms with van der Waals surface area (Å²) in [5.74, 6) is 0. The average molecular weight is 228 g/mol. The van der Waals surface area contributed by atoms with Crippen molar-refractivity contribution < 1.29 is 0 Å². The maximum Gasteiger partial charge on any atom is 0.206 e. The van der Waals surface area contributed by atoms with Crippen LogP contribution in [-0.4, -0.2) is 26.6 Å². The van der Waals surface area contributed by atoms with Crippen LogP contribution in [0.2, 0.25) is 0 Å². The van der Waals surface area contributed by atoms with Gasteiger partial charge in [0.25, 0.3) is 0 Å². The Morgan fingerprint density at radius 2 is 1.57 bits per heavy atom. The van der Waals surface area contributed by atoms with Crippen molar-refractivity contribution in [3.8, 4) is 0 Å². The Kier molecular flexibility index (Phi) is 2.84. The van der Waals surface area contributed by atoms with Crippen LogP contribution in [0.4, 0.5) is 10.3 Å². The zero-order valence-electron chi connectivity index (χ0n) is 7.34. The normalized spacial score (nSPS) is 10.4. The largest absolute Gasteiger partial charge is 0.340 e. The monoisotopic (exact) mass is 228 g/mol. The van der Waals surface area contributed by atoms with Gasteiger partial charge in [-0.25, -0.2) is 0 Å². The Morgan fingerprint density at radius 3 is 1.93 bits per heavy atom. The molecule has 2 rings (SSSR count). The number of hydrogen-bond acceptors (Lipinski definition) is 8. The molecule has 8 heteroatoms. The van der Waals surface area contributed by atoms with E-state index in [-0.39, 0.29) is 6.17 Å². The van der Waals surface area contributed by atoms with Crippen LogP contribution in [0, 0.1) is 0 Å². The van der Waals surface area contributed by atoms with E-state index in [2.05, 4.69) is 31.0 Å². The first-order chi connectivity index (χ1) is 6.84. The molecular weight excluding hydrogens is 220 g/mol. The zero-order valence-corrected chi connectivity index (χ0v) is 8.97. The fraction of sp³-hybridized carbons (Fsp3) is 0.333. The first-order valence-corrected chi connectivity index (χ1v) is 5.66. The van der Waals surface area contributed by atoms with E-state index >= 15 is 0 Å². The van der Waals surface area contributed by atoms with Gasteiger partial charge in [-0.05, 0) is 6.92 Å². The molecule has 74 valence electrons. The molecular formula is C6H8N6S2. The average Bonchev–Trinajstić information content (AvgIpc) is 2.76. The van der Waals surface area contributed by atoms with E-state index in [0.29, 0.717) is 0 Å². The van der Waals surface area contributed by atoms with Crippen molar-refractivity contribution in [2.45, 2.75) is 13.1 Å². The molecule has 0 aromatic carbocycles. The van der Waals surface area contributed by atoms with Crippen molar-refractivity contribution in [1.82, 2.24) is 20.4 Å². The van der Waals surface area contributed by atoms with Gasteiger partial charge in [-0.2, -0.15) is 0 Å². The number of aromatic nitrogens is 4. The van der Waals surface area contributed by atoms with E-state index in [4.69, 9.17) is 0 Å². The summed E-state index contributed by atoms with van der Waals surface area (Å²) in [4.78, 5) is 0. The molecule has 0 spiro atoms. The van der Waals surface area contributed by atoms with Gasteiger partial charge in [-0.1, -0.05) is 22.7 Å². The Hall–Kier alpha value is -1.28. The van der Waals surface area contributed by atoms with Crippen molar-refractivity contribution in [3.05, 3.63) is 11.0 Å². The standard InChI is InChI=1S/C6H8N6S2/c1-4(9-5-11-7-2-13-5)10-6-12-8-3-14-6/h2-4H,1H3,(H,9,11)(H,10,12). The number of hydrogen-bond donors (Lipinski definition) is 2. The molecule has 14 heavy (non-hydrogen) atoms. The van der Waals surface area contributed by atoms with Crippen LogP contribution in [-0.2, 0) is 0 Å². The highest BCUT2D eigenvalue weighted by Crippen LogP contribution is 2.13. The maximum absolute atomic E-state index is 3.87. The molecule has 0 bridgehead atoms. The van der Waals surface area contributed by atoms with Gasteiger partial charge in [0.1, 0.15) is 11.0 Å². The van der Waals surface area contributed by atoms with Crippen molar-refractivity contribution >= 4 is 32.9 Å². The molecule has 6 nitrogen and oxygen atoms in total. The first kappa shape index (κ1) is 9.28. The van der Waals surface area contributed by atoms with Crippen LogP contribution in [0.5, 0.6) is 0 Å². The molecule has 2 N–H and O–H groups in total. The molecule has 0 amide bonds. The summed E-state index contributed by atoms with van der Waals surface area (Å²) in [6, 6.07) is 0. The van der Waals surface area contributed by atoms with Crippen LogP contribution in [0.15, 0.2) is 11.0 Å². The summed E-state index contributed by atoms with van der Waals surface area (Å²) >= 11 is 2.92. The molecule has 2 heterocycles. The van der Waals surface area contributed by atoms with Crippen LogP contribution in [0.1, 0.15) is 6.92 Å². The zero-order chi connectivity index (χ0) is 9.80. The molecule has 0 aliphatic heterocycles. The minimum absolute atomic E-state index is 0.0518. The predicted octanol–water partition coefficient (Wildman–Crippen LogP) is 1.26. The van der Waals surface area contributed by atoms with Crippen molar-refractivity contribution in [3.63, 3.8) is 0 Å². The van der Waals surface area contributed by atoms with Gasteiger partial charge in [-0.15, -0.1) is 20.4 Å². The lowest BCUT2D eigenvalue weighted by Gasteiger charge is -2.12. The fourth-order valence-electron chi connectivity index (χ4n) is 0.878. The summed E-state index contributed by atoms with van der Waals surface area (Å²) in [6.07, 6.45) is 0.0518. The van der Waals surface area contributed by atoms with E-state index < -0.39 is 0 Å². The Bertz CT molecular complexity index is 321. The third-order valence-electron chi connectivity index (χ3n) is 1.40. The van der Waals surface area contributed by atoms with Gasteiger partial charge in [0, 0.05) is 0 Å².